The summed E-state index contributed by atoms with van der Waals surface area (Å²) in [7, 11) is 0. The van der Waals surface area contributed by atoms with Gasteiger partial charge in [-0.2, -0.15) is 0 Å². The Balaban J connectivity index is 1.62. The van der Waals surface area contributed by atoms with E-state index in [9.17, 15) is 30.2 Å². The number of oxime groups is 1. The number of benzene rings is 2. The molecular formula is C54H79N3O12. The van der Waals surface area contributed by atoms with Crippen LogP contribution in [-0.2, 0) is 25.7 Å². The van der Waals surface area contributed by atoms with Gasteiger partial charge in [-0.05, 0) is 85.4 Å². The van der Waals surface area contributed by atoms with Crippen molar-refractivity contribution in [3.8, 4) is 11.5 Å². The first-order valence-electron chi connectivity index (χ1n) is 25.6. The van der Waals surface area contributed by atoms with Gasteiger partial charge < -0.3 is 43.8 Å². The first kappa shape index (κ1) is 55.1. The highest BCUT2D eigenvalue weighted by Gasteiger charge is 2.65. The fourth-order valence-electron chi connectivity index (χ4n) is 10.3. The number of carbonyl (C=O) groups excluding carboxylic acids is 1. The Bertz CT molecular complexity index is 1940. The van der Waals surface area contributed by atoms with Crippen molar-refractivity contribution < 1.29 is 53.6 Å². The van der Waals surface area contributed by atoms with Crippen LogP contribution in [0.5, 0.6) is 11.5 Å². The normalized spacial score (nSPS) is 21.9. The molecule has 382 valence electrons. The first-order chi connectivity index (χ1) is 33.8. The number of fused-ring (bicyclic) bond motifs is 2. The Morgan fingerprint density at radius 1 is 0.870 bits per heavy atom. The van der Waals surface area contributed by atoms with E-state index < -0.39 is 28.8 Å². The number of rotatable bonds is 35. The molecule has 15 nitrogen and oxygen atoms in total. The maximum Gasteiger partial charge on any atom is 0.410 e. The van der Waals surface area contributed by atoms with Crippen LogP contribution < -0.4 is 9.47 Å². The van der Waals surface area contributed by atoms with Crippen molar-refractivity contribution in [3.63, 3.8) is 0 Å². The number of hydrogen-bond donors (Lipinski definition) is 3. The van der Waals surface area contributed by atoms with Crippen molar-refractivity contribution in [2.24, 2.45) is 22.9 Å². The monoisotopic (exact) mass is 962 g/mol. The highest BCUT2D eigenvalue weighted by Crippen LogP contribution is 2.62. The van der Waals surface area contributed by atoms with E-state index in [-0.39, 0.29) is 89.3 Å². The van der Waals surface area contributed by atoms with Gasteiger partial charge in [0.05, 0.1) is 49.6 Å². The second kappa shape index (κ2) is 30.1. The molecule has 1 saturated carbocycles. The van der Waals surface area contributed by atoms with Crippen molar-refractivity contribution in [2.45, 2.75) is 140 Å². The van der Waals surface area contributed by atoms with E-state index in [0.717, 1.165) is 56.1 Å². The fraction of sp³-hybridized carbons (Fsp3) is 0.630. The molecule has 1 amide bonds. The van der Waals surface area contributed by atoms with Gasteiger partial charge in [-0.15, -0.1) is 6.58 Å². The molecule has 69 heavy (non-hydrogen) atoms. The number of aliphatic hydroxyl groups is 3. The van der Waals surface area contributed by atoms with Gasteiger partial charge in [-0.1, -0.05) is 108 Å². The first-order valence-corrected chi connectivity index (χ1v) is 25.6. The lowest BCUT2D eigenvalue weighted by molar-refractivity contribution is -0.384. The number of ether oxygens (including phenoxy) is 5. The van der Waals surface area contributed by atoms with Gasteiger partial charge in [0.25, 0.3) is 5.69 Å². The van der Waals surface area contributed by atoms with Crippen LogP contribution in [-0.4, -0.2) is 108 Å². The Morgan fingerprint density at radius 2 is 1.57 bits per heavy atom. The van der Waals surface area contributed by atoms with Gasteiger partial charge in [-0.25, -0.2) is 4.79 Å². The Hall–Kier alpha value is -4.80. The lowest BCUT2D eigenvalue weighted by atomic mass is 9.55. The number of nitro benzene ring substituents is 1. The zero-order valence-corrected chi connectivity index (χ0v) is 41.0. The van der Waals surface area contributed by atoms with Crippen LogP contribution >= 0.6 is 0 Å². The van der Waals surface area contributed by atoms with E-state index in [1.54, 1.807) is 29.2 Å². The van der Waals surface area contributed by atoms with Gasteiger partial charge >= 0.3 is 6.09 Å². The molecule has 1 aliphatic heterocycles. The molecule has 6 unspecified atom stereocenters. The molecule has 1 fully saturated rings. The molecule has 0 spiro atoms. The predicted octanol–water partition coefficient (Wildman–Crippen LogP) is 10.4. The van der Waals surface area contributed by atoms with Crippen LogP contribution in [0.4, 0.5) is 10.5 Å². The SMILES string of the molecule is C=CCOc1ccc2c(c1)C1C(CCCCO)C(CCCCO)C=C3C(=NOCc4ccc([N+](=O)[O-])cc4)CC(N(CCOCCO)C(=O)OCCCCCCCCCCCC)C(OCC=C)(O2)C31. The van der Waals surface area contributed by atoms with Crippen LogP contribution in [0.3, 0.4) is 0 Å². The number of amides is 1. The largest absolute Gasteiger partial charge is 0.490 e. The number of aliphatic hydroxyl groups excluding tert-OH is 3. The maximum absolute atomic E-state index is 14.8. The quantitative estimate of drug-likeness (QED) is 0.0257. The molecule has 0 radical (unpaired) electrons. The Labute approximate surface area is 409 Å². The summed E-state index contributed by atoms with van der Waals surface area (Å²) in [5.74, 6) is -1.12. The van der Waals surface area contributed by atoms with E-state index in [1.807, 2.05) is 18.2 Å². The van der Waals surface area contributed by atoms with E-state index in [1.165, 1.54) is 50.7 Å². The number of hydrogen-bond acceptors (Lipinski definition) is 13. The van der Waals surface area contributed by atoms with E-state index in [0.29, 0.717) is 48.6 Å². The molecule has 2 aliphatic carbocycles. The molecule has 3 aliphatic rings. The summed E-state index contributed by atoms with van der Waals surface area (Å²) in [6.07, 6.45) is 21.0. The minimum absolute atomic E-state index is 0.00124. The topological polar surface area (TPSA) is 192 Å². The summed E-state index contributed by atoms with van der Waals surface area (Å²) in [6, 6.07) is 11.1. The standard InChI is InChI=1S/C54H79N3O12/c1-4-7-8-9-10-11-12-13-14-19-34-66-53(61)56(28-35-64-36-31-60)50-39-48(55-68-40-41-22-24-43(25-23-41)57(62)63)46-37-42(20-15-17-29-58)45(21-16-18-30-59)51-47-38-44(65-32-5-2)26-27-49(47)69-54(50,52(46)51)67-33-6-3/h5-6,22-27,37-38,42,45,50-52,58-60H,2-4,7-21,28-36,39-40H2,1H3. The third-order valence-electron chi connectivity index (χ3n) is 13.6. The van der Waals surface area contributed by atoms with Gasteiger partial charge in [0.1, 0.15) is 30.8 Å². The minimum Gasteiger partial charge on any atom is -0.490 e. The third kappa shape index (κ3) is 15.6. The number of non-ortho nitro benzene ring substituents is 1. The van der Waals surface area contributed by atoms with Crippen molar-refractivity contribution in [1.82, 2.24) is 4.90 Å². The van der Waals surface area contributed by atoms with Crippen LogP contribution in [0, 0.1) is 27.9 Å². The highest BCUT2D eigenvalue weighted by molar-refractivity contribution is 6.03. The summed E-state index contributed by atoms with van der Waals surface area (Å²) < 4.78 is 32.5. The summed E-state index contributed by atoms with van der Waals surface area (Å²) in [5, 5.41) is 45.8. The number of unbranched alkanes of at least 4 members (excludes halogenated alkanes) is 11. The summed E-state index contributed by atoms with van der Waals surface area (Å²) >= 11 is 0. The molecular weight excluding hydrogens is 883 g/mol. The number of carbonyl (C=O) groups is 1. The van der Waals surface area contributed by atoms with Crippen molar-refractivity contribution in [2.75, 3.05) is 59.4 Å². The van der Waals surface area contributed by atoms with E-state index in [4.69, 9.17) is 33.7 Å². The zero-order chi connectivity index (χ0) is 49.3. The predicted molar refractivity (Wildman–Crippen MR) is 266 cm³/mol. The molecule has 0 aromatic heterocycles. The molecule has 15 heteroatoms. The lowest BCUT2D eigenvalue weighted by Crippen LogP contribution is -2.70. The summed E-state index contributed by atoms with van der Waals surface area (Å²) in [4.78, 5) is 33.5. The van der Waals surface area contributed by atoms with Crippen molar-refractivity contribution in [3.05, 3.63) is 101 Å². The number of nitro groups is 1. The molecule has 0 bridgehead atoms. The zero-order valence-electron chi connectivity index (χ0n) is 41.0. The van der Waals surface area contributed by atoms with Gasteiger partial charge in [0.2, 0.25) is 5.79 Å². The highest BCUT2D eigenvalue weighted by atomic mass is 16.7. The maximum atomic E-state index is 14.8. The molecule has 1 heterocycles. The summed E-state index contributed by atoms with van der Waals surface area (Å²) in [6.45, 7) is 11.0. The lowest BCUT2D eigenvalue weighted by Gasteiger charge is -2.59. The smallest absolute Gasteiger partial charge is 0.410 e. The minimum atomic E-state index is -1.52. The molecule has 2 aromatic rings. The van der Waals surface area contributed by atoms with Crippen LogP contribution in [0.15, 0.2) is 84.6 Å². The van der Waals surface area contributed by atoms with Gasteiger partial charge in [0, 0.05) is 49.8 Å². The van der Waals surface area contributed by atoms with Crippen LogP contribution in [0.2, 0.25) is 0 Å². The number of allylic oxidation sites excluding steroid dienone is 1. The van der Waals surface area contributed by atoms with E-state index in [2.05, 4.69) is 26.2 Å². The van der Waals surface area contributed by atoms with Crippen LogP contribution in [0.1, 0.15) is 133 Å². The van der Waals surface area contributed by atoms with Crippen molar-refractivity contribution >= 4 is 17.5 Å². The second-order valence-corrected chi connectivity index (χ2v) is 18.4. The Morgan fingerprint density at radius 3 is 2.23 bits per heavy atom. The van der Waals surface area contributed by atoms with Crippen LogP contribution in [0.25, 0.3) is 0 Å². The van der Waals surface area contributed by atoms with Gasteiger partial charge in [0.15, 0.2) is 0 Å². The molecule has 0 saturated heterocycles. The average Bonchev–Trinajstić information content (AvgIpc) is 3.35. The molecule has 5 rings (SSSR count). The molecule has 3 N–H and O–H groups in total. The van der Waals surface area contributed by atoms with Gasteiger partial charge in [-0.3, -0.25) is 15.0 Å². The fourth-order valence-corrected chi connectivity index (χ4v) is 10.3. The third-order valence-corrected chi connectivity index (χ3v) is 13.6. The molecule has 6 atom stereocenters. The van der Waals surface area contributed by atoms with E-state index >= 15 is 0 Å². The number of nitrogens with zero attached hydrogens (tertiary/aromatic N) is 3. The Kier molecular flexibility index (Phi) is 24.0. The summed E-state index contributed by atoms with van der Waals surface area (Å²) in [5.41, 5.74) is 3.01. The average molecular weight is 962 g/mol. The molecule has 2 aromatic carbocycles. The second-order valence-electron chi connectivity index (χ2n) is 18.4. The van der Waals surface area contributed by atoms with Crippen molar-refractivity contribution in [1.29, 1.82) is 0 Å².